The van der Waals surface area contributed by atoms with Gasteiger partial charge in [0.25, 0.3) is 5.91 Å². The summed E-state index contributed by atoms with van der Waals surface area (Å²) < 4.78 is 0. The molecular weight excluding hydrogens is 374 g/mol. The summed E-state index contributed by atoms with van der Waals surface area (Å²) in [5.74, 6) is 0.0569. The third-order valence-corrected chi connectivity index (χ3v) is 5.86. The lowest BCUT2D eigenvalue weighted by Gasteiger charge is -2.39. The highest BCUT2D eigenvalue weighted by Crippen LogP contribution is 2.26. The van der Waals surface area contributed by atoms with Crippen LogP contribution in [0.2, 0.25) is 0 Å². The Bertz CT molecular complexity index is 1050. The van der Waals surface area contributed by atoms with Crippen LogP contribution < -0.4 is 10.6 Å². The number of hydrogen-bond donors (Lipinski definition) is 2. The molecule has 1 saturated heterocycles. The Labute approximate surface area is 177 Å². The predicted molar refractivity (Wildman–Crippen MR) is 122 cm³/mol. The molecule has 3 aromatic carbocycles. The van der Waals surface area contributed by atoms with Gasteiger partial charge in [-0.2, -0.15) is 0 Å². The molecule has 1 fully saturated rings. The average Bonchev–Trinajstić information content (AvgIpc) is 2.74. The van der Waals surface area contributed by atoms with E-state index in [1.54, 1.807) is 24.3 Å². The SMILES string of the molecule is C[C@@H]1CCC[C@H](C)N1C(=O)c1ccc(NC(=O)Nc2cccc3ccccc23)cc1. The van der Waals surface area contributed by atoms with Crippen molar-refractivity contribution in [1.29, 1.82) is 0 Å². The lowest BCUT2D eigenvalue weighted by atomic mass is 9.96. The van der Waals surface area contributed by atoms with Crippen LogP contribution in [0.4, 0.5) is 16.2 Å². The molecule has 5 heteroatoms. The number of fused-ring (bicyclic) bond motifs is 1. The fourth-order valence-corrected chi connectivity index (χ4v) is 4.29. The number of benzene rings is 3. The van der Waals surface area contributed by atoms with Crippen LogP contribution in [0.5, 0.6) is 0 Å². The highest BCUT2D eigenvalue weighted by molar-refractivity contribution is 6.06. The molecule has 5 nitrogen and oxygen atoms in total. The van der Waals surface area contributed by atoms with E-state index in [4.69, 9.17) is 0 Å². The molecule has 0 spiro atoms. The Morgan fingerprint density at radius 3 is 2.23 bits per heavy atom. The van der Waals surface area contributed by atoms with E-state index in [0.29, 0.717) is 11.3 Å². The van der Waals surface area contributed by atoms with Gasteiger partial charge in [0.2, 0.25) is 0 Å². The highest BCUT2D eigenvalue weighted by Gasteiger charge is 2.29. The lowest BCUT2D eigenvalue weighted by molar-refractivity contribution is 0.0511. The maximum absolute atomic E-state index is 12.9. The van der Waals surface area contributed by atoms with Crippen molar-refractivity contribution in [2.24, 2.45) is 0 Å². The minimum atomic E-state index is -0.316. The van der Waals surface area contributed by atoms with Gasteiger partial charge in [0.05, 0.1) is 5.69 Å². The second kappa shape index (κ2) is 8.57. The van der Waals surface area contributed by atoms with Crippen LogP contribution in [-0.4, -0.2) is 28.9 Å². The molecular formula is C25H27N3O2. The maximum atomic E-state index is 12.9. The second-order valence-corrected chi connectivity index (χ2v) is 8.02. The number of anilines is 2. The molecule has 0 aromatic heterocycles. The van der Waals surface area contributed by atoms with Gasteiger partial charge >= 0.3 is 6.03 Å². The lowest BCUT2D eigenvalue weighted by Crippen LogP contribution is -2.47. The second-order valence-electron chi connectivity index (χ2n) is 8.02. The maximum Gasteiger partial charge on any atom is 0.323 e. The minimum Gasteiger partial charge on any atom is -0.333 e. The molecule has 0 aliphatic carbocycles. The van der Waals surface area contributed by atoms with Crippen molar-refractivity contribution in [2.75, 3.05) is 10.6 Å². The van der Waals surface area contributed by atoms with Gasteiger partial charge in [-0.05, 0) is 68.8 Å². The van der Waals surface area contributed by atoms with Gasteiger partial charge in [-0.15, -0.1) is 0 Å². The first kappa shape index (κ1) is 20.0. The Morgan fingerprint density at radius 2 is 1.50 bits per heavy atom. The normalized spacial score (nSPS) is 18.8. The summed E-state index contributed by atoms with van der Waals surface area (Å²) in [7, 11) is 0. The van der Waals surface area contributed by atoms with Gasteiger partial charge in [0.15, 0.2) is 0 Å². The standard InChI is InChI=1S/C25H27N3O2/c1-17-7-5-8-18(2)28(17)24(29)20-13-15-21(16-14-20)26-25(30)27-23-12-6-10-19-9-3-4-11-22(19)23/h3-4,6,9-18H,5,7-8H2,1-2H3,(H2,26,27,30)/t17-,18+. The van der Waals surface area contributed by atoms with Gasteiger partial charge in [-0.25, -0.2) is 4.79 Å². The number of carbonyl (C=O) groups is 2. The first-order valence-electron chi connectivity index (χ1n) is 10.5. The molecule has 0 radical (unpaired) electrons. The van der Waals surface area contributed by atoms with Gasteiger partial charge < -0.3 is 15.5 Å². The number of nitrogens with one attached hydrogen (secondary N) is 2. The zero-order valence-corrected chi connectivity index (χ0v) is 17.4. The molecule has 0 unspecified atom stereocenters. The van der Waals surface area contributed by atoms with E-state index < -0.39 is 0 Å². The number of piperidine rings is 1. The van der Waals surface area contributed by atoms with E-state index in [-0.39, 0.29) is 24.0 Å². The van der Waals surface area contributed by atoms with Crippen LogP contribution >= 0.6 is 0 Å². The number of nitrogens with zero attached hydrogens (tertiary/aromatic N) is 1. The summed E-state index contributed by atoms with van der Waals surface area (Å²) in [6.07, 6.45) is 3.26. The van der Waals surface area contributed by atoms with Crippen LogP contribution in [0.25, 0.3) is 10.8 Å². The first-order valence-corrected chi connectivity index (χ1v) is 10.5. The molecule has 154 valence electrons. The third-order valence-electron chi connectivity index (χ3n) is 5.86. The fourth-order valence-electron chi connectivity index (χ4n) is 4.29. The summed E-state index contributed by atoms with van der Waals surface area (Å²) in [6, 6.07) is 21.0. The molecule has 1 aliphatic heterocycles. The van der Waals surface area contributed by atoms with Crippen molar-refractivity contribution in [2.45, 2.75) is 45.2 Å². The zero-order valence-electron chi connectivity index (χ0n) is 17.4. The molecule has 30 heavy (non-hydrogen) atoms. The predicted octanol–water partition coefficient (Wildman–Crippen LogP) is 5.89. The van der Waals surface area contributed by atoms with Crippen LogP contribution in [0, 0.1) is 0 Å². The van der Waals surface area contributed by atoms with Gasteiger partial charge in [0.1, 0.15) is 0 Å². The van der Waals surface area contributed by atoms with E-state index in [2.05, 4.69) is 24.5 Å². The quantitative estimate of drug-likeness (QED) is 0.575. The number of rotatable bonds is 3. The van der Waals surface area contributed by atoms with Gasteiger partial charge in [-0.3, -0.25) is 4.79 Å². The molecule has 1 aliphatic rings. The van der Waals surface area contributed by atoms with Crippen LogP contribution in [-0.2, 0) is 0 Å². The van der Waals surface area contributed by atoms with Crippen LogP contribution in [0.3, 0.4) is 0 Å². The number of amides is 3. The molecule has 0 saturated carbocycles. The topological polar surface area (TPSA) is 61.4 Å². The molecule has 2 atom stereocenters. The summed E-state index contributed by atoms with van der Waals surface area (Å²) in [5, 5.41) is 7.81. The summed E-state index contributed by atoms with van der Waals surface area (Å²) in [6.45, 7) is 4.22. The molecule has 2 N–H and O–H groups in total. The third kappa shape index (κ3) is 4.15. The largest absolute Gasteiger partial charge is 0.333 e. The Morgan fingerprint density at radius 1 is 0.833 bits per heavy atom. The van der Waals surface area contributed by atoms with Crippen molar-refractivity contribution in [1.82, 2.24) is 4.90 Å². The molecule has 3 aromatic rings. The fraction of sp³-hybridized carbons (Fsp3) is 0.280. The smallest absolute Gasteiger partial charge is 0.323 e. The van der Waals surface area contributed by atoms with Crippen molar-refractivity contribution in [3.05, 3.63) is 72.3 Å². The van der Waals surface area contributed by atoms with Crippen LogP contribution in [0.15, 0.2) is 66.7 Å². The highest BCUT2D eigenvalue weighted by atomic mass is 16.2. The Hall–Kier alpha value is -3.34. The average molecular weight is 402 g/mol. The van der Waals surface area contributed by atoms with E-state index in [0.717, 1.165) is 29.3 Å². The first-order chi connectivity index (χ1) is 14.5. The summed E-state index contributed by atoms with van der Waals surface area (Å²) in [4.78, 5) is 27.4. The monoisotopic (exact) mass is 401 g/mol. The molecule has 0 bridgehead atoms. The van der Waals surface area contributed by atoms with Crippen molar-refractivity contribution >= 4 is 34.1 Å². The minimum absolute atomic E-state index is 0.0569. The summed E-state index contributed by atoms with van der Waals surface area (Å²) in [5.41, 5.74) is 2.05. The van der Waals surface area contributed by atoms with Crippen LogP contribution in [0.1, 0.15) is 43.5 Å². The van der Waals surface area contributed by atoms with Crippen molar-refractivity contribution in [3.8, 4) is 0 Å². The molecule has 3 amide bonds. The van der Waals surface area contributed by atoms with Crippen molar-refractivity contribution < 1.29 is 9.59 Å². The van der Waals surface area contributed by atoms with Crippen molar-refractivity contribution in [3.63, 3.8) is 0 Å². The van der Waals surface area contributed by atoms with E-state index in [9.17, 15) is 9.59 Å². The van der Waals surface area contributed by atoms with E-state index >= 15 is 0 Å². The Balaban J connectivity index is 1.43. The summed E-state index contributed by atoms with van der Waals surface area (Å²) >= 11 is 0. The van der Waals surface area contributed by atoms with Gasteiger partial charge in [-0.1, -0.05) is 36.4 Å². The molecule has 4 rings (SSSR count). The van der Waals surface area contributed by atoms with E-state index in [1.807, 2.05) is 47.4 Å². The number of hydrogen-bond acceptors (Lipinski definition) is 2. The Kier molecular flexibility index (Phi) is 5.70. The van der Waals surface area contributed by atoms with E-state index in [1.165, 1.54) is 6.42 Å². The zero-order chi connectivity index (χ0) is 21.1. The molecule has 1 heterocycles. The number of likely N-dealkylation sites (tertiary alicyclic amines) is 1. The van der Waals surface area contributed by atoms with Gasteiger partial charge in [0, 0.05) is 28.7 Å². The number of carbonyl (C=O) groups excluding carboxylic acids is 2. The number of urea groups is 1.